The van der Waals surface area contributed by atoms with Crippen LogP contribution in [0.5, 0.6) is 0 Å². The fraction of sp³-hybridized carbons (Fsp3) is 0.571. The molecule has 1 aromatic carbocycles. The van der Waals surface area contributed by atoms with E-state index in [1.54, 1.807) is 0 Å². The predicted octanol–water partition coefficient (Wildman–Crippen LogP) is 2.88. The Morgan fingerprint density at radius 2 is 1.71 bits per heavy atom. The molecule has 1 atom stereocenters. The molecule has 1 aromatic rings. The monoisotopic (exact) mass is 390 g/mol. The van der Waals surface area contributed by atoms with E-state index in [0.717, 1.165) is 5.56 Å². The van der Waals surface area contributed by atoms with E-state index in [2.05, 4.69) is 10.6 Å². The fourth-order valence-corrected chi connectivity index (χ4v) is 3.31. The number of hydrogen-bond donors (Lipinski definition) is 3. The molecule has 2 rings (SSSR count). The number of nitrogens with one attached hydrogen (secondary N) is 2. The molecule has 0 bridgehead atoms. The molecular weight excluding hydrogens is 360 g/mol. The molecule has 1 fully saturated rings. The van der Waals surface area contributed by atoms with Gasteiger partial charge in [-0.2, -0.15) is 0 Å². The van der Waals surface area contributed by atoms with Gasteiger partial charge >= 0.3 is 12.1 Å². The van der Waals surface area contributed by atoms with E-state index in [9.17, 15) is 19.5 Å². The van der Waals surface area contributed by atoms with Crippen molar-refractivity contribution in [3.8, 4) is 0 Å². The molecule has 2 amide bonds. The zero-order valence-corrected chi connectivity index (χ0v) is 16.7. The number of ether oxygens (including phenoxy) is 1. The second-order valence-electron chi connectivity index (χ2n) is 8.28. The molecule has 0 aliphatic heterocycles. The summed E-state index contributed by atoms with van der Waals surface area (Å²) in [7, 11) is 0. The van der Waals surface area contributed by atoms with Gasteiger partial charge in [-0.1, -0.05) is 30.3 Å². The van der Waals surface area contributed by atoms with Gasteiger partial charge in [-0.3, -0.25) is 4.79 Å². The third-order valence-electron chi connectivity index (χ3n) is 4.72. The van der Waals surface area contributed by atoms with Crippen molar-refractivity contribution in [1.82, 2.24) is 10.6 Å². The highest BCUT2D eigenvalue weighted by Gasteiger charge is 2.30. The molecule has 1 aliphatic carbocycles. The summed E-state index contributed by atoms with van der Waals surface area (Å²) in [6, 6.07) is 8.25. The number of amides is 2. The van der Waals surface area contributed by atoms with Crippen LogP contribution < -0.4 is 10.6 Å². The maximum absolute atomic E-state index is 12.5. The van der Waals surface area contributed by atoms with Crippen LogP contribution in [0.2, 0.25) is 0 Å². The van der Waals surface area contributed by atoms with E-state index in [1.165, 1.54) is 0 Å². The van der Waals surface area contributed by atoms with Gasteiger partial charge in [0, 0.05) is 18.4 Å². The average Bonchev–Trinajstić information content (AvgIpc) is 2.60. The summed E-state index contributed by atoms with van der Waals surface area (Å²) < 4.78 is 5.26. The Labute approximate surface area is 165 Å². The van der Waals surface area contributed by atoms with E-state index in [1.807, 2.05) is 51.1 Å². The summed E-state index contributed by atoms with van der Waals surface area (Å²) in [6.45, 7) is 5.42. The summed E-state index contributed by atoms with van der Waals surface area (Å²) in [5, 5.41) is 15.0. The first-order chi connectivity index (χ1) is 13.1. The highest BCUT2D eigenvalue weighted by Crippen LogP contribution is 2.25. The molecule has 7 nitrogen and oxygen atoms in total. The second-order valence-corrected chi connectivity index (χ2v) is 8.28. The third-order valence-corrected chi connectivity index (χ3v) is 4.72. The molecule has 28 heavy (non-hydrogen) atoms. The van der Waals surface area contributed by atoms with Gasteiger partial charge in [-0.05, 0) is 52.0 Å². The quantitative estimate of drug-likeness (QED) is 0.693. The van der Waals surface area contributed by atoms with Crippen LogP contribution in [0.1, 0.15) is 52.0 Å². The number of carbonyl (C=O) groups is 3. The average molecular weight is 390 g/mol. The van der Waals surface area contributed by atoms with Crippen molar-refractivity contribution in [1.29, 1.82) is 0 Å². The zero-order chi connectivity index (χ0) is 20.7. The topological polar surface area (TPSA) is 105 Å². The SMILES string of the molecule is CC(C)(C)OC(=O)N[C@H]1CC[C@H](C(=O)N[C@@H](Cc2ccccc2)C(=O)O)CC1. The van der Waals surface area contributed by atoms with Gasteiger partial charge in [-0.15, -0.1) is 0 Å². The van der Waals surface area contributed by atoms with E-state index in [0.29, 0.717) is 25.7 Å². The number of carbonyl (C=O) groups excluding carboxylic acids is 2. The highest BCUT2D eigenvalue weighted by atomic mass is 16.6. The van der Waals surface area contributed by atoms with Crippen molar-refractivity contribution in [2.45, 2.75) is 70.6 Å². The molecule has 0 heterocycles. The smallest absolute Gasteiger partial charge is 0.407 e. The lowest BCUT2D eigenvalue weighted by atomic mass is 9.85. The molecule has 3 N–H and O–H groups in total. The number of aliphatic carboxylic acids is 1. The Morgan fingerprint density at radius 3 is 2.25 bits per heavy atom. The second kappa shape index (κ2) is 9.57. The van der Waals surface area contributed by atoms with E-state index >= 15 is 0 Å². The van der Waals surface area contributed by atoms with Gasteiger partial charge in [0.1, 0.15) is 11.6 Å². The summed E-state index contributed by atoms with van der Waals surface area (Å²) >= 11 is 0. The number of benzene rings is 1. The minimum Gasteiger partial charge on any atom is -0.480 e. The summed E-state index contributed by atoms with van der Waals surface area (Å²) in [5.41, 5.74) is 0.312. The zero-order valence-electron chi connectivity index (χ0n) is 16.7. The highest BCUT2D eigenvalue weighted by molar-refractivity contribution is 5.85. The first-order valence-electron chi connectivity index (χ1n) is 9.70. The number of carboxylic acids is 1. The maximum Gasteiger partial charge on any atom is 0.407 e. The molecule has 0 spiro atoms. The van der Waals surface area contributed by atoms with Crippen LogP contribution in [0.25, 0.3) is 0 Å². The summed E-state index contributed by atoms with van der Waals surface area (Å²) in [6.07, 6.45) is 2.32. The lowest BCUT2D eigenvalue weighted by Gasteiger charge is -2.30. The largest absolute Gasteiger partial charge is 0.480 e. The fourth-order valence-electron chi connectivity index (χ4n) is 3.31. The summed E-state index contributed by atoms with van der Waals surface area (Å²) in [4.78, 5) is 35.9. The van der Waals surface area contributed by atoms with Crippen LogP contribution in [0.15, 0.2) is 30.3 Å². The van der Waals surface area contributed by atoms with E-state index in [-0.39, 0.29) is 24.3 Å². The van der Waals surface area contributed by atoms with Gasteiger partial charge in [0.2, 0.25) is 5.91 Å². The van der Waals surface area contributed by atoms with Crippen molar-refractivity contribution in [2.24, 2.45) is 5.92 Å². The molecule has 0 aromatic heterocycles. The van der Waals surface area contributed by atoms with Gasteiger partial charge in [-0.25, -0.2) is 9.59 Å². The maximum atomic E-state index is 12.5. The normalized spacial score (nSPS) is 20.7. The summed E-state index contributed by atoms with van der Waals surface area (Å²) in [5.74, 6) is -1.52. The van der Waals surface area contributed by atoms with Crippen LogP contribution in [0.3, 0.4) is 0 Å². The molecular formula is C21H30N2O5. The third kappa shape index (κ3) is 7.21. The lowest BCUT2D eigenvalue weighted by Crippen LogP contribution is -2.47. The Hall–Kier alpha value is -2.57. The van der Waals surface area contributed by atoms with Crippen LogP contribution in [-0.4, -0.2) is 40.8 Å². The Balaban J connectivity index is 1.81. The first-order valence-corrected chi connectivity index (χ1v) is 9.70. The van der Waals surface area contributed by atoms with Crippen molar-refractivity contribution < 1.29 is 24.2 Å². The van der Waals surface area contributed by atoms with Crippen LogP contribution >= 0.6 is 0 Å². The molecule has 7 heteroatoms. The predicted molar refractivity (Wildman–Crippen MR) is 105 cm³/mol. The van der Waals surface area contributed by atoms with Gasteiger partial charge in [0.05, 0.1) is 0 Å². The lowest BCUT2D eigenvalue weighted by molar-refractivity contribution is -0.142. The Kier molecular flexibility index (Phi) is 7.43. The van der Waals surface area contributed by atoms with Crippen LogP contribution in [0.4, 0.5) is 4.79 Å². The molecule has 0 unspecified atom stereocenters. The minimum absolute atomic E-state index is 0.0292. The first kappa shape index (κ1) is 21.7. The standard InChI is InChI=1S/C21H30N2O5/c1-21(2,3)28-20(27)22-16-11-9-15(10-12-16)18(24)23-17(19(25)26)13-14-7-5-4-6-8-14/h4-8,15-17H,9-13H2,1-3H3,(H,22,27)(H,23,24)(H,25,26)/t15-,16-,17-/m0/s1. The van der Waals surface area contributed by atoms with Crippen molar-refractivity contribution >= 4 is 18.0 Å². The molecule has 154 valence electrons. The van der Waals surface area contributed by atoms with Gasteiger partial charge in [0.25, 0.3) is 0 Å². The Bertz CT molecular complexity index is 676. The van der Waals surface area contributed by atoms with E-state index in [4.69, 9.17) is 4.74 Å². The van der Waals surface area contributed by atoms with Gasteiger partial charge < -0.3 is 20.5 Å². The van der Waals surface area contributed by atoms with Crippen LogP contribution in [0, 0.1) is 5.92 Å². The van der Waals surface area contributed by atoms with Crippen molar-refractivity contribution in [3.05, 3.63) is 35.9 Å². The molecule has 1 saturated carbocycles. The van der Waals surface area contributed by atoms with Crippen molar-refractivity contribution in [2.75, 3.05) is 0 Å². The van der Waals surface area contributed by atoms with Gasteiger partial charge in [0.15, 0.2) is 0 Å². The number of carboxylic acid groups (broad SMARTS) is 1. The Morgan fingerprint density at radius 1 is 1.11 bits per heavy atom. The molecule has 0 saturated heterocycles. The number of rotatable bonds is 6. The minimum atomic E-state index is -1.04. The van der Waals surface area contributed by atoms with Crippen molar-refractivity contribution in [3.63, 3.8) is 0 Å². The molecule has 0 radical (unpaired) electrons. The number of alkyl carbamates (subject to hydrolysis) is 1. The van der Waals surface area contributed by atoms with E-state index < -0.39 is 23.7 Å². The van der Waals surface area contributed by atoms with Crippen LogP contribution in [-0.2, 0) is 20.7 Å². The molecule has 1 aliphatic rings. The number of hydrogen-bond acceptors (Lipinski definition) is 4.